The van der Waals surface area contributed by atoms with E-state index in [-0.39, 0.29) is 17.4 Å². The van der Waals surface area contributed by atoms with Gasteiger partial charge in [-0.1, -0.05) is 19.4 Å². The molecular weight excluding hydrogens is 138 g/mol. The molecule has 0 saturated carbocycles. The largest absolute Gasteiger partial charge is 0.297 e. The minimum absolute atomic E-state index is 0.0712. The molecule has 0 spiro atoms. The van der Waals surface area contributed by atoms with Crippen LogP contribution in [0.4, 0.5) is 0 Å². The van der Waals surface area contributed by atoms with Crippen molar-refractivity contribution in [1.82, 2.24) is 0 Å². The molecule has 0 atom stereocenters. The maximum Gasteiger partial charge on any atom is 0.182 e. The third kappa shape index (κ3) is 3.71. The van der Waals surface area contributed by atoms with E-state index < -0.39 is 0 Å². The van der Waals surface area contributed by atoms with Gasteiger partial charge in [-0.15, -0.1) is 0 Å². The predicted octanol–water partition coefficient (Wildman–Crippen LogP) is 2.20. The van der Waals surface area contributed by atoms with Crippen molar-refractivity contribution in [2.45, 2.75) is 27.7 Å². The normalized spacial score (nSPS) is 9.55. The number of carbonyl (C=O) groups is 1. The van der Waals surface area contributed by atoms with Crippen LogP contribution in [0, 0.1) is 11.3 Å². The maximum atomic E-state index is 11.1. The Morgan fingerprint density at radius 3 is 2.09 bits per heavy atom. The van der Waals surface area contributed by atoms with Crippen LogP contribution < -0.4 is 0 Å². The zero-order chi connectivity index (χ0) is 9.02. The quantitative estimate of drug-likeness (QED) is 0.620. The molecule has 0 aromatic rings. The van der Waals surface area contributed by atoms with Gasteiger partial charge in [-0.2, -0.15) is 0 Å². The second-order valence-corrected chi connectivity index (χ2v) is 3.15. The summed E-state index contributed by atoms with van der Waals surface area (Å²) in [6, 6.07) is 0. The highest BCUT2D eigenvalue weighted by Crippen LogP contribution is 1.98. The lowest BCUT2D eigenvalue weighted by molar-refractivity contribution is -0.115. The minimum Gasteiger partial charge on any atom is -0.297 e. The van der Waals surface area contributed by atoms with E-state index in [0.717, 1.165) is 5.57 Å². The van der Waals surface area contributed by atoms with Gasteiger partial charge in [0.2, 0.25) is 0 Å². The molecule has 0 radical (unpaired) electrons. The van der Waals surface area contributed by atoms with Crippen LogP contribution in [0.3, 0.4) is 0 Å². The smallest absolute Gasteiger partial charge is 0.182 e. The standard InChI is InChI=1S/C9H15NO/c1-6(2)5-8(10)9(11)7(3)4/h5,7,10H,1-4H3. The Morgan fingerprint density at radius 1 is 1.36 bits per heavy atom. The van der Waals surface area contributed by atoms with Crippen LogP contribution in [0.1, 0.15) is 27.7 Å². The number of nitrogens with one attached hydrogen (secondary N) is 1. The highest BCUT2D eigenvalue weighted by atomic mass is 16.1. The molecule has 0 aliphatic heterocycles. The van der Waals surface area contributed by atoms with Crippen molar-refractivity contribution in [3.8, 4) is 0 Å². The van der Waals surface area contributed by atoms with Gasteiger partial charge in [0.15, 0.2) is 5.78 Å². The molecule has 0 aromatic carbocycles. The van der Waals surface area contributed by atoms with E-state index in [0.29, 0.717) is 0 Å². The van der Waals surface area contributed by atoms with Crippen molar-refractivity contribution in [2.75, 3.05) is 0 Å². The van der Waals surface area contributed by atoms with Gasteiger partial charge in [-0.25, -0.2) is 0 Å². The highest BCUT2D eigenvalue weighted by molar-refractivity contribution is 6.43. The highest BCUT2D eigenvalue weighted by Gasteiger charge is 2.10. The fraction of sp³-hybridized carbons (Fsp3) is 0.556. The number of allylic oxidation sites excluding steroid dienone is 2. The summed E-state index contributed by atoms with van der Waals surface area (Å²) in [5.74, 6) is -0.163. The Hall–Kier alpha value is -0.920. The fourth-order valence-electron chi connectivity index (χ4n) is 0.671. The molecule has 0 bridgehead atoms. The number of Topliss-reactive ketones (excluding diaryl/α,β-unsaturated/α-hetero) is 1. The van der Waals surface area contributed by atoms with E-state index in [9.17, 15) is 4.79 Å². The molecule has 11 heavy (non-hydrogen) atoms. The van der Waals surface area contributed by atoms with Gasteiger partial charge >= 0.3 is 0 Å². The summed E-state index contributed by atoms with van der Waals surface area (Å²) in [6.07, 6.45) is 1.60. The first-order chi connectivity index (χ1) is 4.95. The molecule has 0 rings (SSSR count). The zero-order valence-electron chi connectivity index (χ0n) is 7.56. The van der Waals surface area contributed by atoms with Crippen molar-refractivity contribution in [3.05, 3.63) is 11.6 Å². The van der Waals surface area contributed by atoms with Crippen LogP contribution in [0.2, 0.25) is 0 Å². The number of hydrogen-bond donors (Lipinski definition) is 1. The van der Waals surface area contributed by atoms with Crippen LogP contribution in [-0.2, 0) is 4.79 Å². The Kier molecular flexibility index (Phi) is 3.72. The van der Waals surface area contributed by atoms with Gasteiger partial charge in [0, 0.05) is 5.92 Å². The number of ketones is 1. The molecule has 62 valence electrons. The van der Waals surface area contributed by atoms with Gasteiger partial charge in [-0.3, -0.25) is 10.2 Å². The van der Waals surface area contributed by atoms with Crippen LogP contribution in [0.5, 0.6) is 0 Å². The lowest BCUT2D eigenvalue weighted by Crippen LogP contribution is -2.16. The first kappa shape index (κ1) is 10.1. The molecule has 2 heteroatoms. The Labute approximate surface area is 67.8 Å². The van der Waals surface area contributed by atoms with Crippen molar-refractivity contribution in [1.29, 1.82) is 5.41 Å². The van der Waals surface area contributed by atoms with Crippen LogP contribution >= 0.6 is 0 Å². The third-order valence-electron chi connectivity index (χ3n) is 1.22. The molecule has 0 saturated heterocycles. The lowest BCUT2D eigenvalue weighted by Gasteiger charge is -2.01. The summed E-state index contributed by atoms with van der Waals surface area (Å²) in [4.78, 5) is 11.1. The topological polar surface area (TPSA) is 40.9 Å². The molecule has 0 fully saturated rings. The molecular formula is C9H15NO. The summed E-state index contributed by atoms with van der Waals surface area (Å²) in [5.41, 5.74) is 1.10. The summed E-state index contributed by atoms with van der Waals surface area (Å²) in [7, 11) is 0. The molecule has 0 unspecified atom stereocenters. The summed E-state index contributed by atoms with van der Waals surface area (Å²) in [5, 5.41) is 7.33. The minimum atomic E-state index is -0.0915. The summed E-state index contributed by atoms with van der Waals surface area (Å²) >= 11 is 0. The molecule has 0 amide bonds. The van der Waals surface area contributed by atoms with E-state index in [1.807, 2.05) is 13.8 Å². The first-order valence-electron chi connectivity index (χ1n) is 3.72. The molecule has 0 heterocycles. The van der Waals surface area contributed by atoms with Crippen molar-refractivity contribution in [2.24, 2.45) is 5.92 Å². The third-order valence-corrected chi connectivity index (χ3v) is 1.22. The van der Waals surface area contributed by atoms with E-state index in [2.05, 4.69) is 0 Å². The van der Waals surface area contributed by atoms with Crippen LogP contribution in [0.25, 0.3) is 0 Å². The zero-order valence-corrected chi connectivity index (χ0v) is 7.56. The van der Waals surface area contributed by atoms with Crippen LogP contribution in [0.15, 0.2) is 11.6 Å². The van der Waals surface area contributed by atoms with Gasteiger partial charge in [-0.05, 0) is 19.9 Å². The fourth-order valence-corrected chi connectivity index (χ4v) is 0.671. The average Bonchev–Trinajstić information content (AvgIpc) is 1.84. The number of rotatable bonds is 3. The molecule has 0 aliphatic rings. The SMILES string of the molecule is CC(C)=CC(=N)C(=O)C(C)C. The second-order valence-electron chi connectivity index (χ2n) is 3.15. The Morgan fingerprint density at radius 2 is 1.82 bits per heavy atom. The van der Waals surface area contributed by atoms with Crippen molar-refractivity contribution < 1.29 is 4.79 Å². The lowest BCUT2D eigenvalue weighted by atomic mass is 10.0. The summed E-state index contributed by atoms with van der Waals surface area (Å²) in [6.45, 7) is 7.36. The first-order valence-corrected chi connectivity index (χ1v) is 3.72. The van der Waals surface area contributed by atoms with E-state index in [4.69, 9.17) is 5.41 Å². The van der Waals surface area contributed by atoms with Crippen molar-refractivity contribution >= 4 is 11.5 Å². The predicted molar refractivity (Wildman–Crippen MR) is 47.0 cm³/mol. The van der Waals surface area contributed by atoms with Gasteiger partial charge < -0.3 is 0 Å². The molecule has 0 aromatic heterocycles. The number of hydrogen-bond acceptors (Lipinski definition) is 2. The van der Waals surface area contributed by atoms with Crippen LogP contribution in [-0.4, -0.2) is 11.5 Å². The van der Waals surface area contributed by atoms with Gasteiger partial charge in [0.1, 0.15) is 0 Å². The van der Waals surface area contributed by atoms with Crippen molar-refractivity contribution in [3.63, 3.8) is 0 Å². The van der Waals surface area contributed by atoms with E-state index in [1.54, 1.807) is 19.9 Å². The van der Waals surface area contributed by atoms with Gasteiger partial charge in [0.25, 0.3) is 0 Å². The van der Waals surface area contributed by atoms with E-state index >= 15 is 0 Å². The van der Waals surface area contributed by atoms with Gasteiger partial charge in [0.05, 0.1) is 5.71 Å². The molecule has 2 nitrogen and oxygen atoms in total. The second kappa shape index (κ2) is 4.06. The maximum absolute atomic E-state index is 11.1. The Balaban J connectivity index is 4.28. The molecule has 1 N–H and O–H groups in total. The monoisotopic (exact) mass is 153 g/mol. The van der Waals surface area contributed by atoms with E-state index in [1.165, 1.54) is 0 Å². The number of carbonyl (C=O) groups excluding carboxylic acids is 1. The Bertz CT molecular complexity index is 198. The summed E-state index contributed by atoms with van der Waals surface area (Å²) < 4.78 is 0. The average molecular weight is 153 g/mol. The molecule has 0 aliphatic carbocycles.